The Labute approximate surface area is 120 Å². The number of hydrogen-bond donors (Lipinski definition) is 2. The minimum Gasteiger partial charge on any atom is -0.480 e. The van der Waals surface area contributed by atoms with Gasteiger partial charge in [-0.15, -0.1) is 0 Å². The van der Waals surface area contributed by atoms with Gasteiger partial charge < -0.3 is 10.2 Å². The SMILES string of the molecule is Cc1ccc(C(O)C(C)N2CCCC2C(=O)O)c(C)c1. The molecule has 4 nitrogen and oxygen atoms in total. The summed E-state index contributed by atoms with van der Waals surface area (Å²) in [6.45, 7) is 6.65. The number of likely N-dealkylation sites (tertiary alicyclic amines) is 1. The second-order valence-corrected chi connectivity index (χ2v) is 5.78. The number of aliphatic hydroxyl groups is 1. The minimum atomic E-state index is -0.790. The lowest BCUT2D eigenvalue weighted by Gasteiger charge is -2.32. The van der Waals surface area contributed by atoms with E-state index in [2.05, 4.69) is 0 Å². The molecule has 4 heteroatoms. The Morgan fingerprint density at radius 1 is 1.40 bits per heavy atom. The van der Waals surface area contributed by atoms with Crippen LogP contribution in [0.1, 0.15) is 42.6 Å². The second kappa shape index (κ2) is 5.94. The predicted molar refractivity (Wildman–Crippen MR) is 77.7 cm³/mol. The molecule has 2 N–H and O–H groups in total. The summed E-state index contributed by atoms with van der Waals surface area (Å²) >= 11 is 0. The third kappa shape index (κ3) is 2.86. The van der Waals surface area contributed by atoms with Crippen LogP contribution in [0.2, 0.25) is 0 Å². The van der Waals surface area contributed by atoms with Crippen LogP contribution < -0.4 is 0 Å². The highest BCUT2D eigenvalue weighted by Gasteiger charge is 2.36. The Bertz CT molecular complexity index is 500. The van der Waals surface area contributed by atoms with Crippen LogP contribution in [0.3, 0.4) is 0 Å². The molecular formula is C16H23NO3. The van der Waals surface area contributed by atoms with Crippen molar-refractivity contribution in [2.24, 2.45) is 0 Å². The molecule has 1 aromatic carbocycles. The Morgan fingerprint density at radius 2 is 2.10 bits per heavy atom. The average Bonchev–Trinajstić information content (AvgIpc) is 2.86. The van der Waals surface area contributed by atoms with Crippen LogP contribution in [-0.4, -0.2) is 39.7 Å². The standard InChI is InChI=1S/C16H23NO3/c1-10-6-7-13(11(2)9-10)15(18)12(3)17-8-4-5-14(17)16(19)20/h6-7,9,12,14-15,18H,4-5,8H2,1-3H3,(H,19,20). The lowest BCUT2D eigenvalue weighted by atomic mass is 9.96. The Kier molecular flexibility index (Phi) is 4.45. The van der Waals surface area contributed by atoms with E-state index in [0.717, 1.165) is 29.7 Å². The van der Waals surface area contributed by atoms with Gasteiger partial charge in [0.15, 0.2) is 0 Å². The van der Waals surface area contributed by atoms with E-state index in [1.165, 1.54) is 0 Å². The summed E-state index contributed by atoms with van der Waals surface area (Å²) in [5, 5.41) is 19.8. The number of hydrogen-bond acceptors (Lipinski definition) is 3. The van der Waals surface area contributed by atoms with E-state index in [0.29, 0.717) is 6.42 Å². The molecule has 1 heterocycles. The number of benzene rings is 1. The van der Waals surface area contributed by atoms with Gasteiger partial charge in [-0.25, -0.2) is 0 Å². The fourth-order valence-corrected chi connectivity index (χ4v) is 3.14. The number of aryl methyl sites for hydroxylation is 2. The summed E-state index contributed by atoms with van der Waals surface area (Å²) in [6, 6.07) is 5.31. The molecule has 3 atom stereocenters. The molecule has 110 valence electrons. The topological polar surface area (TPSA) is 60.8 Å². The number of aliphatic hydroxyl groups excluding tert-OH is 1. The lowest BCUT2D eigenvalue weighted by Crippen LogP contribution is -2.44. The third-order valence-electron chi connectivity index (χ3n) is 4.30. The van der Waals surface area contributed by atoms with Gasteiger partial charge in [0.1, 0.15) is 6.04 Å². The molecule has 1 fully saturated rings. The van der Waals surface area contributed by atoms with Gasteiger partial charge in [0.05, 0.1) is 6.10 Å². The minimum absolute atomic E-state index is 0.194. The van der Waals surface area contributed by atoms with Crippen molar-refractivity contribution in [1.29, 1.82) is 0 Å². The van der Waals surface area contributed by atoms with Crippen LogP contribution in [0.15, 0.2) is 18.2 Å². The van der Waals surface area contributed by atoms with E-state index < -0.39 is 18.1 Å². The van der Waals surface area contributed by atoms with Crippen molar-refractivity contribution in [3.63, 3.8) is 0 Å². The van der Waals surface area contributed by atoms with Gasteiger partial charge in [0.25, 0.3) is 0 Å². The largest absolute Gasteiger partial charge is 0.480 e. The Balaban J connectivity index is 2.19. The molecule has 1 aliphatic heterocycles. The van der Waals surface area contributed by atoms with Crippen LogP contribution in [0.5, 0.6) is 0 Å². The lowest BCUT2D eigenvalue weighted by molar-refractivity contribution is -0.143. The van der Waals surface area contributed by atoms with Crippen molar-refractivity contribution in [1.82, 2.24) is 4.90 Å². The van der Waals surface area contributed by atoms with E-state index in [9.17, 15) is 15.0 Å². The number of carboxylic acids is 1. The maximum atomic E-state index is 11.3. The maximum absolute atomic E-state index is 11.3. The molecule has 0 amide bonds. The van der Waals surface area contributed by atoms with Gasteiger partial charge in [-0.3, -0.25) is 9.69 Å². The van der Waals surface area contributed by atoms with E-state index in [1.807, 2.05) is 43.9 Å². The molecule has 0 saturated carbocycles. The highest BCUT2D eigenvalue weighted by atomic mass is 16.4. The van der Waals surface area contributed by atoms with Crippen molar-refractivity contribution >= 4 is 5.97 Å². The summed E-state index contributed by atoms with van der Waals surface area (Å²) in [5.41, 5.74) is 3.10. The van der Waals surface area contributed by atoms with Gasteiger partial charge in [0, 0.05) is 6.04 Å². The van der Waals surface area contributed by atoms with Gasteiger partial charge in [-0.1, -0.05) is 23.8 Å². The third-order valence-corrected chi connectivity index (χ3v) is 4.30. The normalized spacial score (nSPS) is 22.7. The van der Waals surface area contributed by atoms with E-state index in [-0.39, 0.29) is 6.04 Å². The van der Waals surface area contributed by atoms with Crippen LogP contribution in [0, 0.1) is 13.8 Å². The van der Waals surface area contributed by atoms with E-state index in [1.54, 1.807) is 0 Å². The van der Waals surface area contributed by atoms with Gasteiger partial charge in [0.2, 0.25) is 0 Å². The number of aliphatic carboxylic acids is 1. The predicted octanol–water partition coefficient (Wildman–Crippen LogP) is 2.27. The van der Waals surface area contributed by atoms with Crippen LogP contribution in [-0.2, 0) is 4.79 Å². The fraction of sp³-hybridized carbons (Fsp3) is 0.562. The van der Waals surface area contributed by atoms with Gasteiger partial charge in [-0.05, 0) is 51.3 Å². The molecule has 1 saturated heterocycles. The highest BCUT2D eigenvalue weighted by molar-refractivity contribution is 5.73. The number of rotatable bonds is 4. The zero-order chi connectivity index (χ0) is 14.9. The first-order valence-electron chi connectivity index (χ1n) is 7.15. The number of nitrogens with zero attached hydrogens (tertiary/aromatic N) is 1. The number of carbonyl (C=O) groups is 1. The van der Waals surface area contributed by atoms with Crippen molar-refractivity contribution in [2.75, 3.05) is 6.54 Å². The zero-order valence-electron chi connectivity index (χ0n) is 12.3. The summed E-state index contributed by atoms with van der Waals surface area (Å²) in [7, 11) is 0. The molecule has 0 spiro atoms. The molecule has 1 aromatic rings. The van der Waals surface area contributed by atoms with Crippen molar-refractivity contribution in [3.05, 3.63) is 34.9 Å². The first-order valence-corrected chi connectivity index (χ1v) is 7.15. The molecule has 1 aliphatic rings. The van der Waals surface area contributed by atoms with Crippen molar-refractivity contribution < 1.29 is 15.0 Å². The van der Waals surface area contributed by atoms with Gasteiger partial charge >= 0.3 is 5.97 Å². The zero-order valence-corrected chi connectivity index (χ0v) is 12.3. The quantitative estimate of drug-likeness (QED) is 0.886. The van der Waals surface area contributed by atoms with Crippen molar-refractivity contribution in [3.8, 4) is 0 Å². The average molecular weight is 277 g/mol. The first kappa shape index (κ1) is 15.0. The molecule has 20 heavy (non-hydrogen) atoms. The van der Waals surface area contributed by atoms with Crippen LogP contribution in [0.25, 0.3) is 0 Å². The first-order chi connectivity index (χ1) is 9.41. The fourth-order valence-electron chi connectivity index (χ4n) is 3.14. The van der Waals surface area contributed by atoms with E-state index in [4.69, 9.17) is 0 Å². The Hall–Kier alpha value is -1.39. The molecule has 3 unspecified atom stereocenters. The summed E-state index contributed by atoms with van der Waals surface area (Å²) in [5.74, 6) is -0.790. The smallest absolute Gasteiger partial charge is 0.320 e. The summed E-state index contributed by atoms with van der Waals surface area (Å²) < 4.78 is 0. The summed E-state index contributed by atoms with van der Waals surface area (Å²) in [4.78, 5) is 13.2. The maximum Gasteiger partial charge on any atom is 0.320 e. The Morgan fingerprint density at radius 3 is 2.70 bits per heavy atom. The molecule has 0 aromatic heterocycles. The molecular weight excluding hydrogens is 254 g/mol. The molecule has 2 rings (SSSR count). The van der Waals surface area contributed by atoms with Crippen LogP contribution >= 0.6 is 0 Å². The summed E-state index contributed by atoms with van der Waals surface area (Å²) in [6.07, 6.45) is 0.885. The van der Waals surface area contributed by atoms with Crippen molar-refractivity contribution in [2.45, 2.75) is 51.8 Å². The number of carboxylic acid groups (broad SMARTS) is 1. The monoisotopic (exact) mass is 277 g/mol. The molecule has 0 radical (unpaired) electrons. The van der Waals surface area contributed by atoms with Crippen LogP contribution in [0.4, 0.5) is 0 Å². The van der Waals surface area contributed by atoms with Gasteiger partial charge in [-0.2, -0.15) is 0 Å². The van der Waals surface area contributed by atoms with E-state index >= 15 is 0 Å². The molecule has 0 bridgehead atoms. The molecule has 0 aliphatic carbocycles. The second-order valence-electron chi connectivity index (χ2n) is 5.78. The highest BCUT2D eigenvalue weighted by Crippen LogP contribution is 2.29.